The average molecular weight is 350 g/mol. The number of ketones is 2. The summed E-state index contributed by atoms with van der Waals surface area (Å²) in [5, 5.41) is 11.2. The highest BCUT2D eigenvalue weighted by Gasteiger charge is 2.68. The van der Waals surface area contributed by atoms with Crippen LogP contribution in [0.25, 0.3) is 0 Å². The number of alkyl halides is 1. The second-order valence-electron chi connectivity index (χ2n) is 9.92. The summed E-state index contributed by atoms with van der Waals surface area (Å²) in [4.78, 5) is 24.1. The second-order valence-corrected chi connectivity index (χ2v) is 9.92. The Labute approximate surface area is 149 Å². The van der Waals surface area contributed by atoms with E-state index in [4.69, 9.17) is 0 Å². The van der Waals surface area contributed by atoms with Crippen LogP contribution in [0.15, 0.2) is 0 Å². The van der Waals surface area contributed by atoms with Crippen LogP contribution in [0.1, 0.15) is 72.1 Å². The topological polar surface area (TPSA) is 54.4 Å². The third-order valence-electron chi connectivity index (χ3n) is 9.12. The van der Waals surface area contributed by atoms with Crippen molar-refractivity contribution in [2.24, 2.45) is 34.5 Å². The summed E-state index contributed by atoms with van der Waals surface area (Å²) >= 11 is 0. The minimum atomic E-state index is -1.49. The summed E-state index contributed by atoms with van der Waals surface area (Å²) < 4.78 is 15.3. The third kappa shape index (κ3) is 2.12. The first-order chi connectivity index (χ1) is 11.6. The van der Waals surface area contributed by atoms with Crippen LogP contribution < -0.4 is 0 Å². The van der Waals surface area contributed by atoms with E-state index in [1.165, 1.54) is 0 Å². The Bertz CT molecular complexity index is 618. The van der Waals surface area contributed by atoms with Gasteiger partial charge < -0.3 is 5.11 Å². The highest BCUT2D eigenvalue weighted by atomic mass is 19.1. The van der Waals surface area contributed by atoms with Gasteiger partial charge in [0, 0.05) is 24.2 Å². The Hall–Kier alpha value is -0.770. The van der Waals surface area contributed by atoms with E-state index in [0.717, 1.165) is 25.7 Å². The van der Waals surface area contributed by atoms with Crippen LogP contribution >= 0.6 is 0 Å². The summed E-state index contributed by atoms with van der Waals surface area (Å²) in [6.07, 6.45) is 3.93. The van der Waals surface area contributed by atoms with E-state index in [9.17, 15) is 14.7 Å². The van der Waals surface area contributed by atoms with Gasteiger partial charge in [0.2, 0.25) is 0 Å². The quantitative estimate of drug-likeness (QED) is 0.781. The van der Waals surface area contributed by atoms with Gasteiger partial charge in [0.25, 0.3) is 0 Å². The third-order valence-corrected chi connectivity index (χ3v) is 9.12. The average Bonchev–Trinajstić information content (AvgIpc) is 2.88. The van der Waals surface area contributed by atoms with Gasteiger partial charge in [0.1, 0.15) is 23.3 Å². The van der Waals surface area contributed by atoms with Gasteiger partial charge in [0.15, 0.2) is 0 Å². The number of carbonyl (C=O) groups excluding carboxylic acids is 2. The van der Waals surface area contributed by atoms with Crippen molar-refractivity contribution in [1.82, 2.24) is 0 Å². The number of Topliss-reactive ketones (excluding diaryl/α,β-unsaturated/α-hetero) is 2. The van der Waals surface area contributed by atoms with Gasteiger partial charge in [-0.25, -0.2) is 4.39 Å². The Morgan fingerprint density at radius 3 is 2.56 bits per heavy atom. The summed E-state index contributed by atoms with van der Waals surface area (Å²) in [6.45, 7) is 5.98. The number of hydrogen-bond acceptors (Lipinski definition) is 3. The molecule has 4 aliphatic rings. The molecule has 140 valence electrons. The lowest BCUT2D eigenvalue weighted by Gasteiger charge is -2.63. The molecule has 0 heterocycles. The first kappa shape index (κ1) is 17.6. The first-order valence-electron chi connectivity index (χ1n) is 10.0. The molecule has 0 bridgehead atoms. The molecule has 0 aliphatic heterocycles. The molecule has 4 saturated carbocycles. The fourth-order valence-corrected chi connectivity index (χ4v) is 7.69. The Morgan fingerprint density at radius 1 is 1.16 bits per heavy atom. The van der Waals surface area contributed by atoms with Crippen LogP contribution in [0, 0.1) is 34.5 Å². The molecule has 4 rings (SSSR count). The predicted molar refractivity (Wildman–Crippen MR) is 92.6 cm³/mol. The molecule has 0 amide bonds. The summed E-state index contributed by atoms with van der Waals surface area (Å²) in [7, 11) is 0. The maximum atomic E-state index is 15.3. The SMILES string of the molecule is CC(=O)C1CCC2C3CC(F)[C@@]4(O)CC(=O)CCC4(C)C3CCC12C. The number of aliphatic hydroxyl groups is 1. The zero-order chi connectivity index (χ0) is 18.2. The van der Waals surface area contributed by atoms with Gasteiger partial charge in [-0.05, 0) is 68.6 Å². The maximum Gasteiger partial charge on any atom is 0.135 e. The molecule has 0 aromatic carbocycles. The van der Waals surface area contributed by atoms with Crippen molar-refractivity contribution in [2.75, 3.05) is 0 Å². The summed E-state index contributed by atoms with van der Waals surface area (Å²) in [5.41, 5.74) is -2.02. The molecule has 25 heavy (non-hydrogen) atoms. The van der Waals surface area contributed by atoms with Gasteiger partial charge in [-0.2, -0.15) is 0 Å². The molecule has 8 atom stereocenters. The largest absolute Gasteiger partial charge is 0.386 e. The van der Waals surface area contributed by atoms with Crippen LogP contribution in [0.2, 0.25) is 0 Å². The van der Waals surface area contributed by atoms with E-state index in [1.807, 2.05) is 6.92 Å². The molecule has 0 spiro atoms. The zero-order valence-electron chi connectivity index (χ0n) is 15.7. The van der Waals surface area contributed by atoms with Crippen molar-refractivity contribution in [3.8, 4) is 0 Å². The number of carbonyl (C=O) groups is 2. The van der Waals surface area contributed by atoms with Crippen LogP contribution in [0.4, 0.5) is 4.39 Å². The predicted octanol–water partition coefficient (Wildman–Crippen LogP) is 3.87. The minimum absolute atomic E-state index is 0.000710. The number of hydrogen-bond donors (Lipinski definition) is 1. The molecule has 0 radical (unpaired) electrons. The molecule has 3 nitrogen and oxygen atoms in total. The van der Waals surface area contributed by atoms with Gasteiger partial charge in [-0.3, -0.25) is 9.59 Å². The minimum Gasteiger partial charge on any atom is -0.386 e. The Kier molecular flexibility index (Phi) is 3.79. The lowest BCUT2D eigenvalue weighted by molar-refractivity contribution is -0.232. The number of rotatable bonds is 1. The van der Waals surface area contributed by atoms with Crippen molar-refractivity contribution in [3.63, 3.8) is 0 Å². The molecule has 1 N–H and O–H groups in total. The lowest BCUT2D eigenvalue weighted by atomic mass is 9.43. The van der Waals surface area contributed by atoms with E-state index in [0.29, 0.717) is 25.2 Å². The van der Waals surface area contributed by atoms with E-state index < -0.39 is 17.2 Å². The van der Waals surface area contributed by atoms with Crippen molar-refractivity contribution < 1.29 is 19.1 Å². The van der Waals surface area contributed by atoms with Gasteiger partial charge in [-0.1, -0.05) is 13.8 Å². The van der Waals surface area contributed by atoms with E-state index in [-0.39, 0.29) is 41.2 Å². The fraction of sp³-hybridized carbons (Fsp3) is 0.905. The van der Waals surface area contributed by atoms with Gasteiger partial charge in [0.05, 0.1) is 0 Å². The van der Waals surface area contributed by atoms with Crippen LogP contribution in [0.5, 0.6) is 0 Å². The van der Waals surface area contributed by atoms with Crippen molar-refractivity contribution in [3.05, 3.63) is 0 Å². The zero-order valence-corrected chi connectivity index (χ0v) is 15.7. The molecule has 7 unspecified atom stereocenters. The van der Waals surface area contributed by atoms with Crippen LogP contribution in [-0.4, -0.2) is 28.4 Å². The molecular formula is C21H31FO3. The smallest absolute Gasteiger partial charge is 0.135 e. The van der Waals surface area contributed by atoms with Crippen molar-refractivity contribution >= 4 is 11.6 Å². The molecule has 0 aromatic rings. The van der Waals surface area contributed by atoms with E-state index >= 15 is 4.39 Å². The van der Waals surface area contributed by atoms with Crippen LogP contribution in [-0.2, 0) is 9.59 Å². The summed E-state index contributed by atoms with van der Waals surface area (Å²) in [6, 6.07) is 0. The molecule has 4 aliphatic carbocycles. The monoisotopic (exact) mass is 350 g/mol. The first-order valence-corrected chi connectivity index (χ1v) is 10.0. The van der Waals surface area contributed by atoms with E-state index in [2.05, 4.69) is 6.92 Å². The second kappa shape index (κ2) is 5.37. The van der Waals surface area contributed by atoms with Crippen molar-refractivity contribution in [1.29, 1.82) is 0 Å². The lowest BCUT2D eigenvalue weighted by Crippen LogP contribution is -2.67. The highest BCUT2D eigenvalue weighted by Crippen LogP contribution is 2.68. The Morgan fingerprint density at radius 2 is 1.88 bits per heavy atom. The Balaban J connectivity index is 1.71. The molecule has 0 aromatic heterocycles. The molecule has 4 heteroatoms. The molecular weight excluding hydrogens is 319 g/mol. The number of fused-ring (bicyclic) bond motifs is 5. The molecule has 0 saturated heterocycles. The maximum absolute atomic E-state index is 15.3. The number of halogens is 1. The van der Waals surface area contributed by atoms with Crippen LogP contribution in [0.3, 0.4) is 0 Å². The summed E-state index contributed by atoms with van der Waals surface area (Å²) in [5.74, 6) is 1.26. The standard InChI is InChI=1S/C21H31FO3/c1-12(23)15-4-5-16-14-10-18(22)21(25)11-13(24)6-9-20(21,3)17(14)7-8-19(15,16)2/h14-18,25H,4-11H2,1-3H3/t14?,15?,16?,17?,18?,19?,20?,21-/m0/s1. The van der Waals surface area contributed by atoms with Gasteiger partial charge in [-0.15, -0.1) is 0 Å². The highest BCUT2D eigenvalue weighted by molar-refractivity contribution is 5.81. The normalized spacial score (nSPS) is 55.2. The van der Waals surface area contributed by atoms with E-state index in [1.54, 1.807) is 6.92 Å². The van der Waals surface area contributed by atoms with Crippen molar-refractivity contribution in [2.45, 2.75) is 83.9 Å². The molecule has 4 fully saturated rings. The van der Waals surface area contributed by atoms with Gasteiger partial charge >= 0.3 is 0 Å². The fourth-order valence-electron chi connectivity index (χ4n) is 7.69.